The lowest BCUT2D eigenvalue weighted by atomic mass is 10.3. The maximum atomic E-state index is 4.44. The number of hydrogen-bond donors (Lipinski definition) is 1. The van der Waals surface area contributed by atoms with Crippen LogP contribution in [-0.2, 0) is 13.0 Å². The van der Waals surface area contributed by atoms with E-state index in [1.54, 1.807) is 11.3 Å². The van der Waals surface area contributed by atoms with Gasteiger partial charge in [0, 0.05) is 36.1 Å². The summed E-state index contributed by atoms with van der Waals surface area (Å²) in [5, 5.41) is 6.38. The lowest BCUT2D eigenvalue weighted by Gasteiger charge is -2.14. The van der Waals surface area contributed by atoms with E-state index in [1.807, 2.05) is 24.6 Å². The number of likely N-dealkylation sites (N-methyl/N-ethyl adjacent to an activating group) is 1. The van der Waals surface area contributed by atoms with Gasteiger partial charge in [-0.3, -0.25) is 0 Å². The maximum absolute atomic E-state index is 4.44. The van der Waals surface area contributed by atoms with Gasteiger partial charge < -0.3 is 10.2 Å². The van der Waals surface area contributed by atoms with E-state index in [0.717, 1.165) is 24.6 Å². The van der Waals surface area contributed by atoms with Crippen molar-refractivity contribution in [3.05, 3.63) is 33.5 Å². The van der Waals surface area contributed by atoms with Crippen LogP contribution in [0.3, 0.4) is 0 Å². The molecule has 0 amide bonds. The highest BCUT2D eigenvalue weighted by Crippen LogP contribution is 2.21. The molecule has 92 valence electrons. The third-order valence-corrected chi connectivity index (χ3v) is 4.54. The van der Waals surface area contributed by atoms with Crippen molar-refractivity contribution in [2.24, 2.45) is 0 Å². The van der Waals surface area contributed by atoms with Crippen molar-refractivity contribution in [3.63, 3.8) is 0 Å². The molecule has 0 aliphatic heterocycles. The van der Waals surface area contributed by atoms with Crippen LogP contribution in [0.2, 0.25) is 0 Å². The third-order valence-electron chi connectivity index (χ3n) is 2.49. The zero-order valence-electron chi connectivity index (χ0n) is 10.1. The molecule has 17 heavy (non-hydrogen) atoms. The summed E-state index contributed by atoms with van der Waals surface area (Å²) >= 11 is 3.58. The average molecular weight is 267 g/mol. The van der Waals surface area contributed by atoms with Gasteiger partial charge in [0.1, 0.15) is 0 Å². The number of aromatic nitrogens is 1. The summed E-state index contributed by atoms with van der Waals surface area (Å²) in [5.74, 6) is 0. The van der Waals surface area contributed by atoms with Crippen LogP contribution in [0.4, 0.5) is 5.13 Å². The molecule has 2 rings (SSSR count). The summed E-state index contributed by atoms with van der Waals surface area (Å²) in [7, 11) is 4.06. The Morgan fingerprint density at radius 2 is 2.29 bits per heavy atom. The zero-order valence-corrected chi connectivity index (χ0v) is 11.8. The predicted octanol–water partition coefficient (Wildman–Crippen LogP) is 2.60. The van der Waals surface area contributed by atoms with Crippen molar-refractivity contribution in [3.8, 4) is 0 Å². The van der Waals surface area contributed by atoms with Gasteiger partial charge in [0.2, 0.25) is 0 Å². The van der Waals surface area contributed by atoms with E-state index in [4.69, 9.17) is 0 Å². The number of nitrogens with one attached hydrogen (secondary N) is 1. The molecule has 0 aromatic carbocycles. The summed E-state index contributed by atoms with van der Waals surface area (Å²) in [6.45, 7) is 1.92. The summed E-state index contributed by atoms with van der Waals surface area (Å²) in [6, 6.07) is 4.29. The second-order valence-corrected chi connectivity index (χ2v) is 6.02. The Morgan fingerprint density at radius 3 is 3.00 bits per heavy atom. The van der Waals surface area contributed by atoms with Crippen LogP contribution in [0.25, 0.3) is 0 Å². The second kappa shape index (κ2) is 6.14. The minimum atomic E-state index is 0.899. The number of rotatable bonds is 6. The molecular formula is C12H17N3S2. The number of nitrogens with zero attached hydrogens (tertiary/aromatic N) is 2. The highest BCUT2D eigenvalue weighted by Gasteiger charge is 2.06. The van der Waals surface area contributed by atoms with Gasteiger partial charge in [-0.1, -0.05) is 6.07 Å². The van der Waals surface area contributed by atoms with Crippen LogP contribution >= 0.6 is 22.7 Å². The lowest BCUT2D eigenvalue weighted by Crippen LogP contribution is -2.19. The molecule has 0 saturated carbocycles. The van der Waals surface area contributed by atoms with E-state index < -0.39 is 0 Å². The first-order valence-electron chi connectivity index (χ1n) is 5.62. The molecule has 2 heterocycles. The smallest absolute Gasteiger partial charge is 0.185 e. The fourth-order valence-electron chi connectivity index (χ4n) is 1.56. The SMILES string of the molecule is CNCc1cnc(N(C)CCc2cccs2)s1. The Bertz CT molecular complexity index is 436. The Labute approximate surface area is 110 Å². The van der Waals surface area contributed by atoms with Crippen molar-refractivity contribution in [2.75, 3.05) is 25.5 Å². The van der Waals surface area contributed by atoms with E-state index in [9.17, 15) is 0 Å². The van der Waals surface area contributed by atoms with Crippen molar-refractivity contribution in [1.29, 1.82) is 0 Å². The lowest BCUT2D eigenvalue weighted by molar-refractivity contribution is 0.829. The summed E-state index contributed by atoms with van der Waals surface area (Å²) in [4.78, 5) is 9.39. The van der Waals surface area contributed by atoms with Gasteiger partial charge in [-0.25, -0.2) is 4.98 Å². The second-order valence-electron chi connectivity index (χ2n) is 3.89. The molecule has 2 aromatic rings. The molecule has 3 nitrogen and oxygen atoms in total. The van der Waals surface area contributed by atoms with Crippen molar-refractivity contribution in [1.82, 2.24) is 10.3 Å². The Balaban J connectivity index is 1.88. The van der Waals surface area contributed by atoms with E-state index in [2.05, 4.69) is 39.8 Å². The van der Waals surface area contributed by atoms with Crippen molar-refractivity contribution < 1.29 is 0 Å². The van der Waals surface area contributed by atoms with E-state index in [-0.39, 0.29) is 0 Å². The number of thiazole rings is 1. The van der Waals surface area contributed by atoms with Crippen molar-refractivity contribution in [2.45, 2.75) is 13.0 Å². The monoisotopic (exact) mass is 267 g/mol. The predicted molar refractivity (Wildman–Crippen MR) is 76.2 cm³/mol. The van der Waals surface area contributed by atoms with E-state index in [0.29, 0.717) is 0 Å². The normalized spacial score (nSPS) is 10.7. The molecule has 0 bridgehead atoms. The Hall–Kier alpha value is -0.910. The average Bonchev–Trinajstić information content (AvgIpc) is 2.97. The van der Waals surface area contributed by atoms with Gasteiger partial charge in [-0.05, 0) is 24.9 Å². The number of hydrogen-bond acceptors (Lipinski definition) is 5. The van der Waals surface area contributed by atoms with Crippen LogP contribution in [0.15, 0.2) is 23.7 Å². The van der Waals surface area contributed by atoms with Crippen LogP contribution < -0.4 is 10.2 Å². The minimum absolute atomic E-state index is 0.899. The summed E-state index contributed by atoms with van der Waals surface area (Å²) in [6.07, 6.45) is 3.05. The zero-order chi connectivity index (χ0) is 12.1. The molecule has 0 fully saturated rings. The molecule has 0 atom stereocenters. The first-order chi connectivity index (χ1) is 8.29. The van der Waals surface area contributed by atoms with Crippen LogP contribution in [0.5, 0.6) is 0 Å². The van der Waals surface area contributed by atoms with Crippen LogP contribution in [-0.4, -0.2) is 25.6 Å². The van der Waals surface area contributed by atoms with E-state index >= 15 is 0 Å². The summed E-state index contributed by atoms with van der Waals surface area (Å²) in [5.41, 5.74) is 0. The molecule has 0 aliphatic carbocycles. The van der Waals surface area contributed by atoms with Gasteiger partial charge in [0.25, 0.3) is 0 Å². The van der Waals surface area contributed by atoms with E-state index in [1.165, 1.54) is 9.75 Å². The molecular weight excluding hydrogens is 250 g/mol. The van der Waals surface area contributed by atoms with Gasteiger partial charge >= 0.3 is 0 Å². The van der Waals surface area contributed by atoms with Gasteiger partial charge in [0.05, 0.1) is 0 Å². The standard InChI is InChI=1S/C12H17N3S2/c1-13-8-11-9-14-12(17-11)15(2)6-5-10-4-3-7-16-10/h3-4,7,9,13H,5-6,8H2,1-2H3. The Kier molecular flexibility index (Phi) is 4.53. The fraction of sp³-hybridized carbons (Fsp3) is 0.417. The van der Waals surface area contributed by atoms with Gasteiger partial charge in [-0.2, -0.15) is 0 Å². The maximum Gasteiger partial charge on any atom is 0.185 e. The molecule has 0 spiro atoms. The van der Waals surface area contributed by atoms with Gasteiger partial charge in [0.15, 0.2) is 5.13 Å². The molecule has 0 unspecified atom stereocenters. The molecule has 0 aliphatic rings. The highest BCUT2D eigenvalue weighted by molar-refractivity contribution is 7.15. The Morgan fingerprint density at radius 1 is 1.41 bits per heavy atom. The first kappa shape index (κ1) is 12.5. The van der Waals surface area contributed by atoms with Gasteiger partial charge in [-0.15, -0.1) is 22.7 Å². The van der Waals surface area contributed by atoms with Crippen LogP contribution in [0.1, 0.15) is 9.75 Å². The molecule has 2 aromatic heterocycles. The fourth-order valence-corrected chi connectivity index (χ4v) is 3.17. The number of anilines is 1. The molecule has 0 saturated heterocycles. The quantitative estimate of drug-likeness (QED) is 0.872. The van der Waals surface area contributed by atoms with Crippen LogP contribution in [0, 0.1) is 0 Å². The molecule has 5 heteroatoms. The highest BCUT2D eigenvalue weighted by atomic mass is 32.1. The number of thiophene rings is 1. The minimum Gasteiger partial charge on any atom is -0.351 e. The summed E-state index contributed by atoms with van der Waals surface area (Å²) < 4.78 is 0. The first-order valence-corrected chi connectivity index (χ1v) is 7.32. The molecule has 0 radical (unpaired) electrons. The largest absolute Gasteiger partial charge is 0.351 e. The topological polar surface area (TPSA) is 28.2 Å². The third kappa shape index (κ3) is 3.52. The molecule has 1 N–H and O–H groups in total. The van der Waals surface area contributed by atoms with Crippen molar-refractivity contribution >= 4 is 27.8 Å².